The van der Waals surface area contributed by atoms with E-state index in [4.69, 9.17) is 16.3 Å². The van der Waals surface area contributed by atoms with Crippen LogP contribution in [0.1, 0.15) is 12.0 Å². The van der Waals surface area contributed by atoms with Gasteiger partial charge in [0.25, 0.3) is 5.91 Å². The third-order valence-corrected chi connectivity index (χ3v) is 6.04. The Bertz CT molecular complexity index is 1210. The first kappa shape index (κ1) is 25.2. The van der Waals surface area contributed by atoms with E-state index in [1.807, 2.05) is 6.07 Å². The normalized spacial score (nSPS) is 13.6. The number of hydrogen-bond acceptors (Lipinski definition) is 5. The number of nitrogens with zero attached hydrogens (tertiary/aromatic N) is 3. The van der Waals surface area contributed by atoms with Crippen molar-refractivity contribution in [3.63, 3.8) is 0 Å². The first-order valence-electron chi connectivity index (χ1n) is 11.6. The molecular formula is C26H27ClFN5O3. The molecule has 0 unspecified atom stereocenters. The summed E-state index contributed by atoms with van der Waals surface area (Å²) in [5.41, 5.74) is 1.38. The third-order valence-electron chi connectivity index (χ3n) is 5.78. The van der Waals surface area contributed by atoms with Gasteiger partial charge in [-0.3, -0.25) is 4.79 Å². The quantitative estimate of drug-likeness (QED) is 0.489. The van der Waals surface area contributed by atoms with Crippen LogP contribution in [0.5, 0.6) is 5.75 Å². The Morgan fingerprint density at radius 1 is 1.00 bits per heavy atom. The van der Waals surface area contributed by atoms with Crippen LogP contribution in [0.3, 0.4) is 0 Å². The first-order valence-corrected chi connectivity index (χ1v) is 12.0. The molecule has 0 spiro atoms. The van der Waals surface area contributed by atoms with E-state index in [0.717, 1.165) is 18.8 Å². The number of carbonyl (C=O) groups excluding carboxylic acids is 2. The SMILES string of the molecule is Cc1ccc(NC(=O)Nc2ccc(N3CCCN(C(=O)COc4ccc(Cl)cc4)CC3)nc2)cc1F. The van der Waals surface area contributed by atoms with Gasteiger partial charge in [0.2, 0.25) is 0 Å². The van der Waals surface area contributed by atoms with Crippen molar-refractivity contribution < 1.29 is 18.7 Å². The summed E-state index contributed by atoms with van der Waals surface area (Å²) in [6, 6.07) is 14.5. The maximum absolute atomic E-state index is 13.7. The van der Waals surface area contributed by atoms with Crippen molar-refractivity contribution in [2.45, 2.75) is 13.3 Å². The van der Waals surface area contributed by atoms with Crippen molar-refractivity contribution in [1.29, 1.82) is 0 Å². The van der Waals surface area contributed by atoms with Gasteiger partial charge in [-0.15, -0.1) is 0 Å². The van der Waals surface area contributed by atoms with Crippen LogP contribution in [-0.4, -0.2) is 54.6 Å². The minimum atomic E-state index is -0.488. The number of halogens is 2. The van der Waals surface area contributed by atoms with Crippen LogP contribution in [0.25, 0.3) is 0 Å². The summed E-state index contributed by atoms with van der Waals surface area (Å²) < 4.78 is 19.3. The summed E-state index contributed by atoms with van der Waals surface area (Å²) in [5.74, 6) is 0.902. The van der Waals surface area contributed by atoms with Gasteiger partial charge >= 0.3 is 6.03 Å². The number of nitrogens with one attached hydrogen (secondary N) is 2. The number of anilines is 3. The Balaban J connectivity index is 1.26. The van der Waals surface area contributed by atoms with E-state index >= 15 is 0 Å². The number of urea groups is 1. The Morgan fingerprint density at radius 2 is 1.75 bits per heavy atom. The molecule has 4 rings (SSSR count). The van der Waals surface area contributed by atoms with E-state index < -0.39 is 6.03 Å². The van der Waals surface area contributed by atoms with Crippen molar-refractivity contribution in [2.75, 3.05) is 48.3 Å². The summed E-state index contributed by atoms with van der Waals surface area (Å²) in [6.07, 6.45) is 2.36. The van der Waals surface area contributed by atoms with E-state index in [0.29, 0.717) is 47.3 Å². The van der Waals surface area contributed by atoms with E-state index in [9.17, 15) is 14.0 Å². The Hall–Kier alpha value is -3.85. The number of aryl methyl sites for hydroxylation is 1. The Kier molecular flexibility index (Phi) is 8.22. The molecule has 1 aromatic heterocycles. The number of amides is 3. The highest BCUT2D eigenvalue weighted by Crippen LogP contribution is 2.19. The second-order valence-electron chi connectivity index (χ2n) is 8.41. The lowest BCUT2D eigenvalue weighted by atomic mass is 10.2. The average Bonchev–Trinajstić information content (AvgIpc) is 3.13. The Labute approximate surface area is 214 Å². The predicted molar refractivity (Wildman–Crippen MR) is 138 cm³/mol. The van der Waals surface area contributed by atoms with E-state index in [-0.39, 0.29) is 18.3 Å². The monoisotopic (exact) mass is 511 g/mol. The van der Waals surface area contributed by atoms with Crippen molar-refractivity contribution in [3.05, 3.63) is 77.2 Å². The molecule has 2 aromatic carbocycles. The smallest absolute Gasteiger partial charge is 0.323 e. The topological polar surface area (TPSA) is 86.8 Å². The van der Waals surface area contributed by atoms with Gasteiger partial charge < -0.3 is 25.2 Å². The zero-order valence-corrected chi connectivity index (χ0v) is 20.6. The molecule has 0 atom stereocenters. The molecular weight excluding hydrogens is 485 g/mol. The molecule has 188 valence electrons. The number of rotatable bonds is 6. The first-order chi connectivity index (χ1) is 17.4. The van der Waals surface area contributed by atoms with Gasteiger partial charge in [-0.05, 0) is 67.4 Å². The maximum Gasteiger partial charge on any atom is 0.323 e. The van der Waals surface area contributed by atoms with Gasteiger partial charge in [0.1, 0.15) is 17.4 Å². The van der Waals surface area contributed by atoms with Gasteiger partial charge in [-0.25, -0.2) is 14.2 Å². The zero-order valence-electron chi connectivity index (χ0n) is 19.8. The summed E-state index contributed by atoms with van der Waals surface area (Å²) >= 11 is 5.87. The van der Waals surface area contributed by atoms with Gasteiger partial charge in [-0.1, -0.05) is 17.7 Å². The molecule has 1 aliphatic heterocycles. The molecule has 0 aliphatic carbocycles. The summed E-state index contributed by atoms with van der Waals surface area (Å²) in [7, 11) is 0. The molecule has 0 radical (unpaired) electrons. The second kappa shape index (κ2) is 11.7. The van der Waals surface area contributed by atoms with Gasteiger partial charge in [0, 0.05) is 36.9 Å². The minimum absolute atomic E-state index is 0.0302. The third kappa shape index (κ3) is 6.85. The largest absolute Gasteiger partial charge is 0.484 e. The number of benzene rings is 2. The molecule has 36 heavy (non-hydrogen) atoms. The number of carbonyl (C=O) groups is 2. The highest BCUT2D eigenvalue weighted by atomic mass is 35.5. The van der Waals surface area contributed by atoms with Crippen LogP contribution in [0.15, 0.2) is 60.8 Å². The van der Waals surface area contributed by atoms with E-state index in [1.54, 1.807) is 60.5 Å². The minimum Gasteiger partial charge on any atom is -0.484 e. The van der Waals surface area contributed by atoms with Gasteiger partial charge in [0.15, 0.2) is 6.61 Å². The van der Waals surface area contributed by atoms with Crippen molar-refractivity contribution in [3.8, 4) is 5.75 Å². The molecule has 1 saturated heterocycles. The fourth-order valence-corrected chi connectivity index (χ4v) is 3.90. The summed E-state index contributed by atoms with van der Waals surface area (Å²) in [6.45, 7) is 4.20. The van der Waals surface area contributed by atoms with Crippen molar-refractivity contribution >= 4 is 40.7 Å². The molecule has 1 fully saturated rings. The fourth-order valence-electron chi connectivity index (χ4n) is 3.77. The molecule has 3 amide bonds. The highest BCUT2D eigenvalue weighted by Gasteiger charge is 2.20. The van der Waals surface area contributed by atoms with Crippen molar-refractivity contribution in [2.24, 2.45) is 0 Å². The van der Waals surface area contributed by atoms with E-state index in [2.05, 4.69) is 20.5 Å². The number of hydrogen-bond donors (Lipinski definition) is 2. The van der Waals surface area contributed by atoms with Crippen LogP contribution in [0.2, 0.25) is 5.02 Å². The Morgan fingerprint density at radius 3 is 2.47 bits per heavy atom. The molecule has 0 saturated carbocycles. The van der Waals surface area contributed by atoms with Gasteiger partial charge in [0.05, 0.1) is 11.9 Å². The summed E-state index contributed by atoms with van der Waals surface area (Å²) in [4.78, 5) is 33.2. The second-order valence-corrected chi connectivity index (χ2v) is 8.85. The van der Waals surface area contributed by atoms with Crippen LogP contribution in [0.4, 0.5) is 26.4 Å². The number of pyridine rings is 1. The maximum atomic E-state index is 13.7. The van der Waals surface area contributed by atoms with Crippen molar-refractivity contribution in [1.82, 2.24) is 9.88 Å². The number of aromatic nitrogens is 1. The molecule has 10 heteroatoms. The standard InChI is InChI=1S/C26H27ClFN5O3/c1-18-3-6-20(15-23(18)28)30-26(35)31-21-7-10-24(29-16-21)32-11-2-12-33(14-13-32)25(34)17-36-22-8-4-19(27)5-9-22/h3-10,15-16H,2,11-14,17H2,1H3,(H2,30,31,35). The lowest BCUT2D eigenvalue weighted by Crippen LogP contribution is -2.38. The molecule has 2 N–H and O–H groups in total. The molecule has 2 heterocycles. The van der Waals surface area contributed by atoms with Crippen LogP contribution in [-0.2, 0) is 4.79 Å². The lowest BCUT2D eigenvalue weighted by Gasteiger charge is -2.23. The van der Waals surface area contributed by atoms with Crippen LogP contribution in [0, 0.1) is 12.7 Å². The predicted octanol–water partition coefficient (Wildman–Crippen LogP) is 4.94. The zero-order chi connectivity index (χ0) is 25.5. The summed E-state index contributed by atoms with van der Waals surface area (Å²) in [5, 5.41) is 5.91. The molecule has 8 nitrogen and oxygen atoms in total. The lowest BCUT2D eigenvalue weighted by molar-refractivity contribution is -0.133. The molecule has 1 aliphatic rings. The van der Waals surface area contributed by atoms with E-state index in [1.165, 1.54) is 6.07 Å². The fraction of sp³-hybridized carbons (Fsp3) is 0.269. The van der Waals surface area contributed by atoms with Crippen LogP contribution < -0.4 is 20.3 Å². The van der Waals surface area contributed by atoms with Crippen LogP contribution >= 0.6 is 11.6 Å². The van der Waals surface area contributed by atoms with Gasteiger partial charge in [-0.2, -0.15) is 0 Å². The number of ether oxygens (including phenoxy) is 1. The highest BCUT2D eigenvalue weighted by molar-refractivity contribution is 6.30. The average molecular weight is 512 g/mol. The molecule has 3 aromatic rings. The molecule has 0 bridgehead atoms.